The SMILES string of the molecule is COCCNc1ccnc(C(=O)N2CCN(Cc3ccc4c(c3)OCO4)CC2)c1. The topological polar surface area (TPSA) is 76.2 Å². The fourth-order valence-electron chi connectivity index (χ4n) is 3.52. The number of carbonyl (C=O) groups excluding carboxylic acids is 1. The maximum Gasteiger partial charge on any atom is 0.272 e. The molecule has 8 nitrogen and oxygen atoms in total. The number of anilines is 1. The Hall–Kier alpha value is -2.84. The highest BCUT2D eigenvalue weighted by Gasteiger charge is 2.23. The number of rotatable bonds is 7. The first-order valence-corrected chi connectivity index (χ1v) is 9.82. The predicted molar refractivity (Wildman–Crippen MR) is 108 cm³/mol. The Morgan fingerprint density at radius 1 is 1.14 bits per heavy atom. The lowest BCUT2D eigenvalue weighted by Crippen LogP contribution is -2.48. The summed E-state index contributed by atoms with van der Waals surface area (Å²) in [6, 6.07) is 9.71. The third-order valence-electron chi connectivity index (χ3n) is 5.12. The van der Waals surface area contributed by atoms with Gasteiger partial charge in [-0.3, -0.25) is 14.7 Å². The molecule has 0 bridgehead atoms. The van der Waals surface area contributed by atoms with Crippen molar-refractivity contribution in [2.24, 2.45) is 0 Å². The molecule has 2 aromatic rings. The second-order valence-electron chi connectivity index (χ2n) is 7.11. The quantitative estimate of drug-likeness (QED) is 0.713. The minimum absolute atomic E-state index is 0.0249. The van der Waals surface area contributed by atoms with E-state index in [2.05, 4.69) is 21.3 Å². The maximum absolute atomic E-state index is 12.8. The molecule has 1 fully saturated rings. The minimum Gasteiger partial charge on any atom is -0.454 e. The summed E-state index contributed by atoms with van der Waals surface area (Å²) in [6.45, 7) is 5.44. The van der Waals surface area contributed by atoms with Crippen LogP contribution in [0.2, 0.25) is 0 Å². The van der Waals surface area contributed by atoms with E-state index >= 15 is 0 Å². The van der Waals surface area contributed by atoms with Crippen LogP contribution >= 0.6 is 0 Å². The van der Waals surface area contributed by atoms with Gasteiger partial charge in [0.25, 0.3) is 5.91 Å². The molecule has 0 radical (unpaired) electrons. The van der Waals surface area contributed by atoms with Gasteiger partial charge in [0.2, 0.25) is 6.79 Å². The number of benzene rings is 1. The van der Waals surface area contributed by atoms with E-state index in [0.717, 1.165) is 36.8 Å². The summed E-state index contributed by atoms with van der Waals surface area (Å²) in [5.74, 6) is 1.58. The molecule has 0 atom stereocenters. The number of aromatic nitrogens is 1. The summed E-state index contributed by atoms with van der Waals surface area (Å²) >= 11 is 0. The van der Waals surface area contributed by atoms with Crippen molar-refractivity contribution in [3.05, 3.63) is 47.8 Å². The predicted octanol–water partition coefficient (Wildman–Crippen LogP) is 1.83. The molecule has 0 spiro atoms. The van der Waals surface area contributed by atoms with E-state index < -0.39 is 0 Å². The van der Waals surface area contributed by atoms with E-state index in [1.807, 2.05) is 23.1 Å². The number of methoxy groups -OCH3 is 1. The molecule has 1 aromatic carbocycles. The van der Waals surface area contributed by atoms with Gasteiger partial charge in [-0.05, 0) is 29.8 Å². The molecule has 1 saturated heterocycles. The number of ether oxygens (including phenoxy) is 3. The Morgan fingerprint density at radius 3 is 2.79 bits per heavy atom. The number of nitrogens with one attached hydrogen (secondary N) is 1. The highest BCUT2D eigenvalue weighted by Crippen LogP contribution is 2.32. The van der Waals surface area contributed by atoms with Crippen LogP contribution in [0.25, 0.3) is 0 Å². The van der Waals surface area contributed by atoms with Crippen LogP contribution < -0.4 is 14.8 Å². The summed E-state index contributed by atoms with van der Waals surface area (Å²) in [4.78, 5) is 21.3. The van der Waals surface area contributed by atoms with Crippen LogP contribution in [0, 0.1) is 0 Å². The molecule has 29 heavy (non-hydrogen) atoms. The second-order valence-corrected chi connectivity index (χ2v) is 7.11. The zero-order valence-electron chi connectivity index (χ0n) is 16.6. The molecule has 8 heteroatoms. The molecule has 2 aliphatic rings. The fraction of sp³-hybridized carbons (Fsp3) is 0.429. The van der Waals surface area contributed by atoms with Gasteiger partial charge in [0.1, 0.15) is 5.69 Å². The Kier molecular flexibility index (Phi) is 6.12. The van der Waals surface area contributed by atoms with Crippen LogP contribution in [0.5, 0.6) is 11.5 Å². The van der Waals surface area contributed by atoms with Crippen LogP contribution in [0.3, 0.4) is 0 Å². The van der Waals surface area contributed by atoms with Crippen LogP contribution in [0.1, 0.15) is 16.1 Å². The summed E-state index contributed by atoms with van der Waals surface area (Å²) in [7, 11) is 1.66. The van der Waals surface area contributed by atoms with Gasteiger partial charge in [0.05, 0.1) is 6.61 Å². The number of hydrogen-bond acceptors (Lipinski definition) is 7. The zero-order valence-corrected chi connectivity index (χ0v) is 16.6. The van der Waals surface area contributed by atoms with Crippen LogP contribution in [0.4, 0.5) is 5.69 Å². The van der Waals surface area contributed by atoms with Crippen molar-refractivity contribution in [1.82, 2.24) is 14.8 Å². The van der Waals surface area contributed by atoms with Crippen molar-refractivity contribution in [3.8, 4) is 11.5 Å². The average molecular weight is 398 g/mol. The molecule has 0 saturated carbocycles. The zero-order chi connectivity index (χ0) is 20.1. The number of nitrogens with zero attached hydrogens (tertiary/aromatic N) is 3. The third kappa shape index (κ3) is 4.78. The monoisotopic (exact) mass is 398 g/mol. The fourth-order valence-corrected chi connectivity index (χ4v) is 3.52. The van der Waals surface area contributed by atoms with Crippen LogP contribution in [-0.2, 0) is 11.3 Å². The molecule has 0 unspecified atom stereocenters. The van der Waals surface area contributed by atoms with Gasteiger partial charge >= 0.3 is 0 Å². The van der Waals surface area contributed by atoms with Crippen molar-refractivity contribution >= 4 is 11.6 Å². The summed E-state index contributed by atoms with van der Waals surface area (Å²) in [5, 5.41) is 3.23. The van der Waals surface area contributed by atoms with E-state index in [-0.39, 0.29) is 12.7 Å². The third-order valence-corrected chi connectivity index (χ3v) is 5.12. The number of piperazine rings is 1. The van der Waals surface area contributed by atoms with Crippen LogP contribution in [-0.4, -0.2) is 73.9 Å². The molecule has 1 aromatic heterocycles. The molecule has 3 heterocycles. The van der Waals surface area contributed by atoms with Gasteiger partial charge in [0, 0.05) is 58.3 Å². The van der Waals surface area contributed by atoms with E-state index in [1.165, 1.54) is 5.56 Å². The van der Waals surface area contributed by atoms with Gasteiger partial charge < -0.3 is 24.4 Å². The Morgan fingerprint density at radius 2 is 1.97 bits per heavy atom. The van der Waals surface area contributed by atoms with Gasteiger partial charge in [-0.1, -0.05) is 6.07 Å². The number of pyridine rings is 1. The number of amides is 1. The van der Waals surface area contributed by atoms with Crippen molar-refractivity contribution in [1.29, 1.82) is 0 Å². The molecular formula is C21H26N4O4. The van der Waals surface area contributed by atoms with Gasteiger partial charge in [-0.2, -0.15) is 0 Å². The average Bonchev–Trinajstić information content (AvgIpc) is 3.22. The normalized spacial score (nSPS) is 16.1. The molecule has 2 aliphatic heterocycles. The van der Waals surface area contributed by atoms with E-state index in [1.54, 1.807) is 19.4 Å². The first kappa shape index (κ1) is 19.5. The van der Waals surface area contributed by atoms with Crippen molar-refractivity contribution < 1.29 is 19.0 Å². The molecule has 154 valence electrons. The smallest absolute Gasteiger partial charge is 0.272 e. The van der Waals surface area contributed by atoms with Crippen molar-refractivity contribution in [2.75, 3.05) is 58.6 Å². The highest BCUT2D eigenvalue weighted by atomic mass is 16.7. The Balaban J connectivity index is 1.30. The first-order chi connectivity index (χ1) is 14.2. The van der Waals surface area contributed by atoms with E-state index in [9.17, 15) is 4.79 Å². The lowest BCUT2D eigenvalue weighted by atomic mass is 10.1. The molecule has 0 aliphatic carbocycles. The van der Waals surface area contributed by atoms with Gasteiger partial charge in [-0.25, -0.2) is 0 Å². The minimum atomic E-state index is -0.0249. The molecule has 4 rings (SSSR count). The highest BCUT2D eigenvalue weighted by molar-refractivity contribution is 5.93. The second kappa shape index (κ2) is 9.11. The Bertz CT molecular complexity index is 852. The summed E-state index contributed by atoms with van der Waals surface area (Å²) in [5.41, 5.74) is 2.53. The largest absolute Gasteiger partial charge is 0.454 e. The van der Waals surface area contributed by atoms with Gasteiger partial charge in [-0.15, -0.1) is 0 Å². The van der Waals surface area contributed by atoms with Crippen molar-refractivity contribution in [3.63, 3.8) is 0 Å². The summed E-state index contributed by atoms with van der Waals surface area (Å²) in [6.07, 6.45) is 1.66. The van der Waals surface area contributed by atoms with Gasteiger partial charge in [0.15, 0.2) is 11.5 Å². The standard InChI is InChI=1S/C21H26N4O4/c1-27-11-6-22-17-4-5-23-18(13-17)21(26)25-9-7-24(8-10-25)14-16-2-3-19-20(12-16)29-15-28-19/h2-5,12-13H,6-11,14-15H2,1H3,(H,22,23). The molecule has 1 amide bonds. The first-order valence-electron chi connectivity index (χ1n) is 9.82. The number of carbonyl (C=O) groups is 1. The molecule has 1 N–H and O–H groups in total. The van der Waals surface area contributed by atoms with E-state index in [4.69, 9.17) is 14.2 Å². The van der Waals surface area contributed by atoms with Crippen molar-refractivity contribution in [2.45, 2.75) is 6.54 Å². The number of fused-ring (bicyclic) bond motifs is 1. The van der Waals surface area contributed by atoms with E-state index in [0.29, 0.717) is 31.9 Å². The lowest BCUT2D eigenvalue weighted by Gasteiger charge is -2.34. The summed E-state index contributed by atoms with van der Waals surface area (Å²) < 4.78 is 15.9. The molecular weight excluding hydrogens is 372 g/mol. The lowest BCUT2D eigenvalue weighted by molar-refractivity contribution is 0.0623. The van der Waals surface area contributed by atoms with Crippen LogP contribution in [0.15, 0.2) is 36.5 Å². The Labute approximate surface area is 170 Å². The maximum atomic E-state index is 12.8. The number of hydrogen-bond donors (Lipinski definition) is 1.